The van der Waals surface area contributed by atoms with Crippen molar-refractivity contribution in [3.05, 3.63) is 23.8 Å². The highest BCUT2D eigenvalue weighted by atomic mass is 16.5. The number of piperidine rings is 1. The number of benzene rings is 1. The predicted molar refractivity (Wildman–Crippen MR) is 83.0 cm³/mol. The molecule has 0 saturated carbocycles. The van der Waals surface area contributed by atoms with E-state index in [0.29, 0.717) is 23.8 Å². The number of para-hydroxylation sites is 1. The van der Waals surface area contributed by atoms with Crippen molar-refractivity contribution in [1.82, 2.24) is 10.2 Å². The topological polar surface area (TPSA) is 53.6 Å². The molecule has 1 aromatic rings. The Balaban J connectivity index is 1.74. The molecule has 5 nitrogen and oxygen atoms in total. The molecule has 0 bridgehead atoms. The van der Waals surface area contributed by atoms with Crippen LogP contribution in [-0.4, -0.2) is 50.1 Å². The van der Waals surface area contributed by atoms with Crippen molar-refractivity contribution in [1.29, 1.82) is 0 Å². The summed E-state index contributed by atoms with van der Waals surface area (Å²) in [5.74, 6) is 1.12. The average molecular weight is 289 g/mol. The Morgan fingerprint density at radius 2 is 2.33 bits per heavy atom. The molecule has 5 heteroatoms. The second-order valence-corrected chi connectivity index (χ2v) is 6.07. The summed E-state index contributed by atoms with van der Waals surface area (Å²) in [6, 6.07) is 5.92. The van der Waals surface area contributed by atoms with Gasteiger partial charge in [0, 0.05) is 19.1 Å². The molecule has 21 heavy (non-hydrogen) atoms. The predicted octanol–water partition coefficient (Wildman–Crippen LogP) is 1.56. The van der Waals surface area contributed by atoms with E-state index in [1.165, 1.54) is 0 Å². The third kappa shape index (κ3) is 2.97. The highest BCUT2D eigenvalue weighted by Crippen LogP contribution is 2.31. The Bertz CT molecular complexity index is 532. The van der Waals surface area contributed by atoms with Gasteiger partial charge in [-0.2, -0.15) is 0 Å². The minimum Gasteiger partial charge on any atom is -0.489 e. The van der Waals surface area contributed by atoms with E-state index in [1.54, 1.807) is 0 Å². The van der Waals surface area contributed by atoms with Gasteiger partial charge in [0.05, 0.1) is 11.3 Å². The summed E-state index contributed by atoms with van der Waals surface area (Å²) in [6.45, 7) is 5.63. The fourth-order valence-corrected chi connectivity index (χ4v) is 3.16. The summed E-state index contributed by atoms with van der Waals surface area (Å²) in [5.41, 5.74) is 1.54. The first-order valence-electron chi connectivity index (χ1n) is 7.64. The molecule has 2 N–H and O–H groups in total. The molecule has 2 unspecified atom stereocenters. The maximum atomic E-state index is 12.6. The minimum atomic E-state index is -0.0306. The SMILES string of the molecule is CC1CN(C)CCC1NC(=O)c1cccc2c1OCCN2. The summed E-state index contributed by atoms with van der Waals surface area (Å²) in [6.07, 6.45) is 0.998. The van der Waals surface area contributed by atoms with Gasteiger partial charge in [-0.25, -0.2) is 0 Å². The zero-order chi connectivity index (χ0) is 14.8. The van der Waals surface area contributed by atoms with Crippen molar-refractivity contribution in [2.45, 2.75) is 19.4 Å². The molecule has 2 heterocycles. The van der Waals surface area contributed by atoms with Crippen molar-refractivity contribution < 1.29 is 9.53 Å². The van der Waals surface area contributed by atoms with Gasteiger partial charge in [0.1, 0.15) is 6.61 Å². The minimum absolute atomic E-state index is 0.0306. The first kappa shape index (κ1) is 14.2. The Labute approximate surface area is 125 Å². The van der Waals surface area contributed by atoms with E-state index in [2.05, 4.69) is 29.5 Å². The van der Waals surface area contributed by atoms with E-state index in [1.807, 2.05) is 18.2 Å². The third-order valence-corrected chi connectivity index (χ3v) is 4.35. The number of ether oxygens (including phenoxy) is 1. The van der Waals surface area contributed by atoms with E-state index in [-0.39, 0.29) is 11.9 Å². The summed E-state index contributed by atoms with van der Waals surface area (Å²) in [5, 5.41) is 6.45. The van der Waals surface area contributed by atoms with Crippen LogP contribution in [0.1, 0.15) is 23.7 Å². The third-order valence-electron chi connectivity index (χ3n) is 4.35. The van der Waals surface area contributed by atoms with Crippen molar-refractivity contribution >= 4 is 11.6 Å². The van der Waals surface area contributed by atoms with Gasteiger partial charge in [-0.15, -0.1) is 0 Å². The second-order valence-electron chi connectivity index (χ2n) is 6.07. The molecule has 114 valence electrons. The zero-order valence-corrected chi connectivity index (χ0v) is 12.7. The van der Waals surface area contributed by atoms with Gasteiger partial charge in [-0.05, 0) is 38.1 Å². The zero-order valence-electron chi connectivity index (χ0n) is 12.7. The van der Waals surface area contributed by atoms with Gasteiger partial charge in [-0.1, -0.05) is 13.0 Å². The van der Waals surface area contributed by atoms with Crippen molar-refractivity contribution in [2.75, 3.05) is 38.6 Å². The van der Waals surface area contributed by atoms with Crippen LogP contribution in [-0.2, 0) is 0 Å². The number of hydrogen-bond donors (Lipinski definition) is 2. The lowest BCUT2D eigenvalue weighted by Crippen LogP contribution is -2.49. The molecule has 2 aliphatic heterocycles. The van der Waals surface area contributed by atoms with Gasteiger partial charge in [-0.3, -0.25) is 4.79 Å². The van der Waals surface area contributed by atoms with Gasteiger partial charge in [0.25, 0.3) is 5.91 Å². The number of carbonyl (C=O) groups excluding carboxylic acids is 1. The largest absolute Gasteiger partial charge is 0.489 e. The maximum absolute atomic E-state index is 12.6. The molecule has 1 saturated heterocycles. The van der Waals surface area contributed by atoms with Gasteiger partial charge < -0.3 is 20.3 Å². The first-order chi connectivity index (χ1) is 10.1. The van der Waals surface area contributed by atoms with Gasteiger partial charge in [0.2, 0.25) is 0 Å². The summed E-state index contributed by atoms with van der Waals surface area (Å²) in [4.78, 5) is 14.9. The number of amides is 1. The fourth-order valence-electron chi connectivity index (χ4n) is 3.16. The Morgan fingerprint density at radius 1 is 1.48 bits per heavy atom. The number of carbonyl (C=O) groups is 1. The molecule has 1 fully saturated rings. The molecular formula is C16H23N3O2. The number of hydrogen-bond acceptors (Lipinski definition) is 4. The summed E-state index contributed by atoms with van der Waals surface area (Å²) >= 11 is 0. The first-order valence-corrected chi connectivity index (χ1v) is 7.64. The van der Waals surface area contributed by atoms with Crippen LogP contribution >= 0.6 is 0 Å². The molecule has 2 aliphatic rings. The van der Waals surface area contributed by atoms with Crippen LogP contribution < -0.4 is 15.4 Å². The summed E-state index contributed by atoms with van der Waals surface area (Å²) < 4.78 is 5.68. The smallest absolute Gasteiger partial charge is 0.255 e. The number of rotatable bonds is 2. The van der Waals surface area contributed by atoms with E-state index in [4.69, 9.17) is 4.74 Å². The quantitative estimate of drug-likeness (QED) is 0.867. The van der Waals surface area contributed by atoms with E-state index in [9.17, 15) is 4.79 Å². The van der Waals surface area contributed by atoms with Crippen LogP contribution in [0.15, 0.2) is 18.2 Å². The standard InChI is InChI=1S/C16H23N3O2/c1-11-10-19(2)8-6-13(11)18-16(20)12-4-3-5-14-15(12)21-9-7-17-14/h3-5,11,13,17H,6-10H2,1-2H3,(H,18,20). The average Bonchev–Trinajstić information content (AvgIpc) is 2.49. The molecule has 0 aliphatic carbocycles. The molecule has 3 rings (SSSR count). The molecular weight excluding hydrogens is 266 g/mol. The Hall–Kier alpha value is -1.75. The molecule has 1 aromatic carbocycles. The highest BCUT2D eigenvalue weighted by Gasteiger charge is 2.27. The van der Waals surface area contributed by atoms with E-state index < -0.39 is 0 Å². The molecule has 0 radical (unpaired) electrons. The number of nitrogens with one attached hydrogen (secondary N) is 2. The van der Waals surface area contributed by atoms with Gasteiger partial charge >= 0.3 is 0 Å². The maximum Gasteiger partial charge on any atom is 0.255 e. The molecule has 2 atom stereocenters. The number of likely N-dealkylation sites (tertiary alicyclic amines) is 1. The van der Waals surface area contributed by atoms with Crippen LogP contribution in [0, 0.1) is 5.92 Å². The fraction of sp³-hybridized carbons (Fsp3) is 0.562. The molecule has 0 spiro atoms. The number of nitrogens with zero attached hydrogens (tertiary/aromatic N) is 1. The van der Waals surface area contributed by atoms with E-state index >= 15 is 0 Å². The summed E-state index contributed by atoms with van der Waals surface area (Å²) in [7, 11) is 2.13. The number of fused-ring (bicyclic) bond motifs is 1. The van der Waals surface area contributed by atoms with Crippen LogP contribution in [0.25, 0.3) is 0 Å². The van der Waals surface area contributed by atoms with Crippen molar-refractivity contribution in [2.24, 2.45) is 5.92 Å². The second kappa shape index (κ2) is 5.93. The van der Waals surface area contributed by atoms with Crippen LogP contribution in [0.2, 0.25) is 0 Å². The lowest BCUT2D eigenvalue weighted by atomic mass is 9.94. The monoisotopic (exact) mass is 289 g/mol. The van der Waals surface area contributed by atoms with Crippen LogP contribution in [0.4, 0.5) is 5.69 Å². The number of anilines is 1. The Kier molecular flexibility index (Phi) is 4.01. The van der Waals surface area contributed by atoms with Gasteiger partial charge in [0.15, 0.2) is 5.75 Å². The van der Waals surface area contributed by atoms with Crippen molar-refractivity contribution in [3.8, 4) is 5.75 Å². The normalized spacial score (nSPS) is 25.4. The van der Waals surface area contributed by atoms with Crippen molar-refractivity contribution in [3.63, 3.8) is 0 Å². The van der Waals surface area contributed by atoms with Crippen LogP contribution in [0.5, 0.6) is 5.75 Å². The Morgan fingerprint density at radius 3 is 3.14 bits per heavy atom. The molecule has 0 aromatic heterocycles. The van der Waals surface area contributed by atoms with E-state index in [0.717, 1.165) is 31.7 Å². The molecule has 1 amide bonds. The van der Waals surface area contributed by atoms with Crippen LogP contribution in [0.3, 0.4) is 0 Å². The lowest BCUT2D eigenvalue weighted by molar-refractivity contribution is 0.0880. The highest BCUT2D eigenvalue weighted by molar-refractivity contribution is 5.99. The lowest BCUT2D eigenvalue weighted by Gasteiger charge is -2.35.